The Morgan fingerprint density at radius 2 is 1.86 bits per heavy atom. The van der Waals surface area contributed by atoms with Crippen LogP contribution in [0.4, 0.5) is 5.69 Å². The van der Waals surface area contributed by atoms with Crippen LogP contribution in [0.2, 0.25) is 0 Å². The molecule has 1 aliphatic heterocycles. The molecule has 0 amide bonds. The summed E-state index contributed by atoms with van der Waals surface area (Å²) in [7, 11) is 0. The monoisotopic (exact) mass is 311 g/mol. The Kier molecular flexibility index (Phi) is 2.98. The van der Waals surface area contributed by atoms with Gasteiger partial charge in [-0.15, -0.1) is 11.3 Å². The summed E-state index contributed by atoms with van der Waals surface area (Å²) >= 11 is 2.77. The lowest BCUT2D eigenvalue weighted by molar-refractivity contribution is 0.106. The number of hydrazone groups is 1. The maximum atomic E-state index is 12.5. The van der Waals surface area contributed by atoms with Crippen LogP contribution in [-0.2, 0) is 0 Å². The number of fused-ring (bicyclic) bond motifs is 2. The molecule has 21 heavy (non-hydrogen) atoms. The minimum absolute atomic E-state index is 0.136. The van der Waals surface area contributed by atoms with Crippen molar-refractivity contribution in [2.75, 3.05) is 5.43 Å². The third-order valence-electron chi connectivity index (χ3n) is 3.05. The van der Waals surface area contributed by atoms with E-state index in [1.807, 2.05) is 48.5 Å². The van der Waals surface area contributed by atoms with Gasteiger partial charge in [0.15, 0.2) is 10.1 Å². The number of carbonyl (C=O) groups is 1. The van der Waals surface area contributed by atoms with Gasteiger partial charge in [-0.05, 0) is 24.3 Å². The van der Waals surface area contributed by atoms with Crippen LogP contribution in [0.25, 0.3) is 10.2 Å². The molecule has 0 atom stereocenters. The largest absolute Gasteiger partial charge is 0.283 e. The maximum Gasteiger partial charge on any atom is 0.248 e. The molecule has 0 fully saturated rings. The number of carbonyl (C=O) groups excluding carboxylic acids is 1. The Morgan fingerprint density at radius 1 is 1.05 bits per heavy atom. The number of hydrogen-bond acceptors (Lipinski definition) is 6. The van der Waals surface area contributed by atoms with E-state index in [9.17, 15) is 4.79 Å². The van der Waals surface area contributed by atoms with Crippen LogP contribution in [-0.4, -0.2) is 15.8 Å². The summed E-state index contributed by atoms with van der Waals surface area (Å²) in [5.41, 5.74) is 4.69. The van der Waals surface area contributed by atoms with Crippen LogP contribution in [0.5, 0.6) is 0 Å². The predicted octanol–water partition coefficient (Wildman–Crippen LogP) is 4.01. The fourth-order valence-electron chi connectivity index (χ4n) is 2.04. The zero-order valence-corrected chi connectivity index (χ0v) is 12.4. The van der Waals surface area contributed by atoms with Gasteiger partial charge >= 0.3 is 0 Å². The van der Waals surface area contributed by atoms with Crippen molar-refractivity contribution in [3.05, 3.63) is 53.5 Å². The van der Waals surface area contributed by atoms with Gasteiger partial charge in [0, 0.05) is 4.90 Å². The van der Waals surface area contributed by atoms with E-state index in [0.717, 1.165) is 20.8 Å². The Bertz CT molecular complexity index is 852. The van der Waals surface area contributed by atoms with Crippen molar-refractivity contribution >= 4 is 49.8 Å². The number of nitrogens with one attached hydrogen (secondary N) is 1. The molecule has 1 N–H and O–H groups in total. The number of benzene rings is 2. The second-order valence-corrected chi connectivity index (χ2v) is 6.50. The number of anilines is 1. The van der Waals surface area contributed by atoms with Crippen molar-refractivity contribution in [2.24, 2.45) is 5.10 Å². The average Bonchev–Trinajstić information content (AvgIpc) is 2.97. The van der Waals surface area contributed by atoms with Gasteiger partial charge in [0.2, 0.25) is 5.78 Å². The molecule has 2 aromatic carbocycles. The fourth-order valence-corrected chi connectivity index (χ4v) is 3.87. The van der Waals surface area contributed by atoms with Gasteiger partial charge in [-0.25, -0.2) is 4.98 Å². The molecule has 0 radical (unpaired) electrons. The van der Waals surface area contributed by atoms with Gasteiger partial charge in [0.05, 0.1) is 15.9 Å². The zero-order chi connectivity index (χ0) is 14.2. The van der Waals surface area contributed by atoms with E-state index >= 15 is 0 Å². The second-order valence-electron chi connectivity index (χ2n) is 4.44. The van der Waals surface area contributed by atoms with Crippen molar-refractivity contribution in [1.29, 1.82) is 0 Å². The lowest BCUT2D eigenvalue weighted by Gasteiger charge is -2.14. The molecule has 6 heteroatoms. The third-order valence-corrected chi connectivity index (χ3v) is 5.14. The molecule has 2 heterocycles. The first-order valence-electron chi connectivity index (χ1n) is 6.32. The molecule has 0 unspecified atom stereocenters. The van der Waals surface area contributed by atoms with Crippen molar-refractivity contribution in [2.45, 2.75) is 4.90 Å². The minimum atomic E-state index is -0.136. The van der Waals surface area contributed by atoms with Crippen LogP contribution in [0, 0.1) is 0 Å². The molecule has 0 saturated carbocycles. The van der Waals surface area contributed by atoms with Crippen molar-refractivity contribution < 1.29 is 4.79 Å². The number of thioether (sulfide) groups is 1. The Labute approximate surface area is 128 Å². The minimum Gasteiger partial charge on any atom is -0.283 e. The summed E-state index contributed by atoms with van der Waals surface area (Å²) in [6, 6.07) is 15.5. The third kappa shape index (κ3) is 2.22. The fraction of sp³-hybridized carbons (Fsp3) is 0. The first-order chi connectivity index (χ1) is 10.3. The lowest BCUT2D eigenvalue weighted by Crippen LogP contribution is -2.15. The Morgan fingerprint density at radius 3 is 2.76 bits per heavy atom. The first kappa shape index (κ1) is 12.6. The van der Waals surface area contributed by atoms with E-state index in [4.69, 9.17) is 0 Å². The summed E-state index contributed by atoms with van der Waals surface area (Å²) in [4.78, 5) is 17.9. The highest BCUT2D eigenvalue weighted by atomic mass is 32.2. The highest BCUT2D eigenvalue weighted by Gasteiger charge is 2.23. The maximum absolute atomic E-state index is 12.5. The van der Waals surface area contributed by atoms with Crippen molar-refractivity contribution in [3.8, 4) is 0 Å². The van der Waals surface area contributed by atoms with Crippen molar-refractivity contribution in [3.63, 3.8) is 0 Å². The predicted molar refractivity (Wildman–Crippen MR) is 87.3 cm³/mol. The number of thiazole rings is 1. The van der Waals surface area contributed by atoms with Crippen LogP contribution >= 0.6 is 23.1 Å². The van der Waals surface area contributed by atoms with Crippen LogP contribution < -0.4 is 5.43 Å². The van der Waals surface area contributed by atoms with Crippen molar-refractivity contribution in [1.82, 2.24) is 4.98 Å². The van der Waals surface area contributed by atoms with Gasteiger partial charge < -0.3 is 0 Å². The number of Topliss-reactive ketones (excluding diaryl/α,β-unsaturated/α-hetero) is 1. The topological polar surface area (TPSA) is 54.4 Å². The van der Waals surface area contributed by atoms with E-state index in [-0.39, 0.29) is 5.78 Å². The average molecular weight is 311 g/mol. The molecule has 1 aromatic heterocycles. The van der Waals surface area contributed by atoms with Gasteiger partial charge in [-0.3, -0.25) is 10.2 Å². The second kappa shape index (κ2) is 4.98. The number of nitrogens with zero attached hydrogens (tertiary/aromatic N) is 2. The molecule has 1 aliphatic rings. The highest BCUT2D eigenvalue weighted by Crippen LogP contribution is 2.33. The molecule has 0 spiro atoms. The lowest BCUT2D eigenvalue weighted by atomic mass is 10.3. The molecule has 0 saturated heterocycles. The SMILES string of the molecule is O=C(C1=NNc2ccccc2S1)c1nc2ccccc2s1. The first-order valence-corrected chi connectivity index (χ1v) is 7.95. The van der Waals surface area contributed by atoms with Gasteiger partial charge in [0.1, 0.15) is 0 Å². The quantitative estimate of drug-likeness (QED) is 0.727. The van der Waals surface area contributed by atoms with Gasteiger partial charge in [-0.1, -0.05) is 36.0 Å². The van der Waals surface area contributed by atoms with E-state index in [1.165, 1.54) is 23.1 Å². The molecule has 4 nitrogen and oxygen atoms in total. The van der Waals surface area contributed by atoms with Gasteiger partial charge in [0.25, 0.3) is 0 Å². The number of ketones is 1. The number of hydrogen-bond donors (Lipinski definition) is 1. The standard InChI is InChI=1S/C15H9N3OS2/c19-13(14-16-9-5-1-3-7-11(9)20-14)15-18-17-10-6-2-4-8-12(10)21-15/h1-8,17H. The molecule has 0 aliphatic carbocycles. The summed E-state index contributed by atoms with van der Waals surface area (Å²) in [5, 5.41) is 5.06. The molecule has 102 valence electrons. The van der Waals surface area contributed by atoms with E-state index in [0.29, 0.717) is 10.1 Å². The Hall–Kier alpha value is -2.18. The van der Waals surface area contributed by atoms with Crippen LogP contribution in [0.1, 0.15) is 9.80 Å². The van der Waals surface area contributed by atoms with E-state index in [1.54, 1.807) is 0 Å². The summed E-state index contributed by atoms with van der Waals surface area (Å²) in [6.07, 6.45) is 0. The zero-order valence-electron chi connectivity index (χ0n) is 10.7. The molecule has 4 rings (SSSR count). The van der Waals surface area contributed by atoms with Crippen LogP contribution in [0.3, 0.4) is 0 Å². The normalized spacial score (nSPS) is 13.4. The van der Waals surface area contributed by atoms with Gasteiger partial charge in [-0.2, -0.15) is 5.10 Å². The smallest absolute Gasteiger partial charge is 0.248 e. The molecular formula is C15H9N3OS2. The summed E-state index contributed by atoms with van der Waals surface area (Å²) < 4.78 is 1.01. The Balaban J connectivity index is 1.68. The van der Waals surface area contributed by atoms with Crippen LogP contribution in [0.15, 0.2) is 58.5 Å². The number of rotatable bonds is 2. The molecule has 0 bridgehead atoms. The van der Waals surface area contributed by atoms with E-state index in [2.05, 4.69) is 15.5 Å². The number of aromatic nitrogens is 1. The summed E-state index contributed by atoms with van der Waals surface area (Å²) in [5.74, 6) is -0.136. The molecule has 3 aromatic rings. The summed E-state index contributed by atoms with van der Waals surface area (Å²) in [6.45, 7) is 0. The molecular weight excluding hydrogens is 302 g/mol. The highest BCUT2D eigenvalue weighted by molar-refractivity contribution is 8.16. The number of para-hydroxylation sites is 2. The van der Waals surface area contributed by atoms with E-state index < -0.39 is 0 Å².